The molecule has 3 rings (SSSR count). The fraction of sp³-hybridized carbons (Fsp3) is 0.571. The van der Waals surface area contributed by atoms with Gasteiger partial charge in [0.25, 0.3) is 11.8 Å². The Bertz CT molecular complexity index is 687. The van der Waals surface area contributed by atoms with Crippen molar-refractivity contribution in [2.75, 3.05) is 20.1 Å². The van der Waals surface area contributed by atoms with E-state index in [1.165, 1.54) is 30.6 Å². The summed E-state index contributed by atoms with van der Waals surface area (Å²) in [5.41, 5.74) is 1.04. The average Bonchev–Trinajstić information content (AvgIpc) is 2.92. The highest BCUT2D eigenvalue weighted by Crippen LogP contribution is 2.24. The first-order chi connectivity index (χ1) is 13.1. The zero-order valence-electron chi connectivity index (χ0n) is 16.7. The number of nitrogens with zero attached hydrogens (tertiary/aromatic N) is 2. The van der Waals surface area contributed by atoms with Crippen LogP contribution in [-0.4, -0.2) is 48.9 Å². The van der Waals surface area contributed by atoms with Crippen LogP contribution in [0, 0.1) is 5.92 Å². The zero-order chi connectivity index (χ0) is 19.2. The van der Waals surface area contributed by atoms with Crippen LogP contribution in [0.15, 0.2) is 29.3 Å². The first kappa shape index (κ1) is 22.6. The molecule has 1 heterocycles. The second-order valence-electron chi connectivity index (χ2n) is 7.63. The maximum Gasteiger partial charge on any atom is 0.261 e. The minimum absolute atomic E-state index is 0. The quantitative estimate of drug-likeness (QED) is 0.207. The van der Waals surface area contributed by atoms with E-state index in [-0.39, 0.29) is 35.8 Å². The monoisotopic (exact) mass is 498 g/mol. The summed E-state index contributed by atoms with van der Waals surface area (Å²) >= 11 is 0. The van der Waals surface area contributed by atoms with Crippen molar-refractivity contribution in [2.24, 2.45) is 10.9 Å². The van der Waals surface area contributed by atoms with Gasteiger partial charge in [0, 0.05) is 26.2 Å². The molecule has 1 aliphatic heterocycles. The van der Waals surface area contributed by atoms with E-state index in [2.05, 4.69) is 22.5 Å². The highest BCUT2D eigenvalue weighted by molar-refractivity contribution is 14.0. The first-order valence-corrected chi connectivity index (χ1v) is 10.0. The van der Waals surface area contributed by atoms with Crippen LogP contribution in [0.1, 0.15) is 66.2 Å². The van der Waals surface area contributed by atoms with E-state index in [0.717, 1.165) is 31.3 Å². The summed E-state index contributed by atoms with van der Waals surface area (Å²) in [7, 11) is 1.79. The molecule has 1 fully saturated rings. The summed E-state index contributed by atoms with van der Waals surface area (Å²) in [6.45, 7) is 3.54. The summed E-state index contributed by atoms with van der Waals surface area (Å²) in [4.78, 5) is 30.3. The minimum atomic E-state index is -0.174. The van der Waals surface area contributed by atoms with Gasteiger partial charge in [-0.1, -0.05) is 31.9 Å². The molecule has 0 radical (unpaired) electrons. The van der Waals surface area contributed by atoms with Gasteiger partial charge < -0.3 is 10.6 Å². The molecular formula is C21H31IN4O2. The molecule has 2 N–H and O–H groups in total. The van der Waals surface area contributed by atoms with Crippen molar-refractivity contribution in [1.82, 2.24) is 15.5 Å². The second-order valence-corrected chi connectivity index (χ2v) is 7.63. The third-order valence-electron chi connectivity index (χ3n) is 5.48. The Kier molecular flexibility index (Phi) is 8.72. The number of amides is 2. The number of carbonyl (C=O) groups is 2. The van der Waals surface area contributed by atoms with Crippen LogP contribution in [0.3, 0.4) is 0 Å². The van der Waals surface area contributed by atoms with Gasteiger partial charge in [0.15, 0.2) is 5.96 Å². The van der Waals surface area contributed by atoms with E-state index < -0.39 is 0 Å². The van der Waals surface area contributed by atoms with Crippen molar-refractivity contribution < 1.29 is 9.59 Å². The molecule has 7 heteroatoms. The zero-order valence-corrected chi connectivity index (χ0v) is 19.1. The largest absolute Gasteiger partial charge is 0.356 e. The number of guanidine groups is 1. The van der Waals surface area contributed by atoms with Crippen molar-refractivity contribution in [1.29, 1.82) is 0 Å². The van der Waals surface area contributed by atoms with Crippen LogP contribution >= 0.6 is 24.0 Å². The third kappa shape index (κ3) is 5.46. The van der Waals surface area contributed by atoms with Crippen molar-refractivity contribution in [3.8, 4) is 0 Å². The number of nitrogens with one attached hydrogen (secondary N) is 2. The Morgan fingerprint density at radius 1 is 1.14 bits per heavy atom. The number of hydrogen-bond acceptors (Lipinski definition) is 3. The number of fused-ring (bicyclic) bond motifs is 1. The molecule has 1 saturated carbocycles. The first-order valence-electron chi connectivity index (χ1n) is 10.0. The Hall–Kier alpha value is -1.64. The Balaban J connectivity index is 0.00000280. The van der Waals surface area contributed by atoms with Gasteiger partial charge in [-0.05, 0) is 43.7 Å². The molecule has 154 valence electrons. The van der Waals surface area contributed by atoms with Crippen LogP contribution in [0.5, 0.6) is 0 Å². The van der Waals surface area contributed by atoms with E-state index in [4.69, 9.17) is 0 Å². The molecule has 0 saturated heterocycles. The molecule has 6 nitrogen and oxygen atoms in total. The van der Waals surface area contributed by atoms with Gasteiger partial charge in [0.05, 0.1) is 11.1 Å². The second kappa shape index (κ2) is 10.8. The standard InChI is InChI=1S/C21H30N4O2.HI/c1-15-8-7-9-16(14-15)24-21(22-2)23-12-5-6-13-25-19(26)17-10-3-4-11-18(17)20(25)27;/h3-4,10-11,15-16H,5-9,12-14H2,1-2H3,(H2,22,23,24);1H. The van der Waals surface area contributed by atoms with Gasteiger partial charge in [-0.25, -0.2) is 0 Å². The summed E-state index contributed by atoms with van der Waals surface area (Å²) < 4.78 is 0. The van der Waals surface area contributed by atoms with Crippen molar-refractivity contribution >= 4 is 41.8 Å². The lowest BCUT2D eigenvalue weighted by molar-refractivity contribution is 0.0652. The number of unbranched alkanes of at least 4 members (excludes halogenated alkanes) is 1. The van der Waals surface area contributed by atoms with Crippen LogP contribution in [0.4, 0.5) is 0 Å². The minimum Gasteiger partial charge on any atom is -0.356 e. The molecule has 1 aromatic rings. The normalized spacial score (nSPS) is 21.9. The molecule has 2 aliphatic rings. The van der Waals surface area contributed by atoms with Crippen molar-refractivity contribution in [3.05, 3.63) is 35.4 Å². The number of carbonyl (C=O) groups excluding carboxylic acids is 2. The molecule has 2 amide bonds. The predicted octanol–water partition coefficient (Wildman–Crippen LogP) is 3.42. The lowest BCUT2D eigenvalue weighted by atomic mass is 9.87. The highest BCUT2D eigenvalue weighted by Gasteiger charge is 2.34. The summed E-state index contributed by atoms with van der Waals surface area (Å²) in [6, 6.07) is 7.53. The Morgan fingerprint density at radius 2 is 1.82 bits per heavy atom. The smallest absolute Gasteiger partial charge is 0.261 e. The Morgan fingerprint density at radius 3 is 2.43 bits per heavy atom. The maximum absolute atomic E-state index is 12.3. The molecule has 1 aliphatic carbocycles. The lowest BCUT2D eigenvalue weighted by Crippen LogP contribution is -2.45. The number of rotatable bonds is 6. The topological polar surface area (TPSA) is 73.8 Å². The number of halogens is 1. The van der Waals surface area contributed by atoms with Crippen LogP contribution in [0.2, 0.25) is 0 Å². The number of benzene rings is 1. The molecule has 2 atom stereocenters. The molecule has 0 spiro atoms. The average molecular weight is 498 g/mol. The van der Waals surface area contributed by atoms with Crippen LogP contribution in [0.25, 0.3) is 0 Å². The van der Waals surface area contributed by atoms with Gasteiger partial charge in [-0.15, -0.1) is 24.0 Å². The van der Waals surface area contributed by atoms with Gasteiger partial charge in [-0.3, -0.25) is 19.5 Å². The van der Waals surface area contributed by atoms with E-state index >= 15 is 0 Å². The third-order valence-corrected chi connectivity index (χ3v) is 5.48. The van der Waals surface area contributed by atoms with E-state index in [1.807, 2.05) is 0 Å². The number of aliphatic imine (C=N–C) groups is 1. The van der Waals surface area contributed by atoms with Crippen molar-refractivity contribution in [3.63, 3.8) is 0 Å². The van der Waals surface area contributed by atoms with Crippen LogP contribution < -0.4 is 10.6 Å². The molecule has 1 aromatic carbocycles. The predicted molar refractivity (Wildman–Crippen MR) is 122 cm³/mol. The fourth-order valence-corrected chi connectivity index (χ4v) is 4.00. The van der Waals surface area contributed by atoms with Gasteiger partial charge in [-0.2, -0.15) is 0 Å². The molecule has 0 bridgehead atoms. The number of imide groups is 1. The summed E-state index contributed by atoms with van der Waals surface area (Å²) in [5.74, 6) is 1.27. The van der Waals surface area contributed by atoms with E-state index in [9.17, 15) is 9.59 Å². The van der Waals surface area contributed by atoms with E-state index in [0.29, 0.717) is 23.7 Å². The lowest BCUT2D eigenvalue weighted by Gasteiger charge is -2.28. The van der Waals surface area contributed by atoms with E-state index in [1.54, 1.807) is 31.3 Å². The van der Waals surface area contributed by atoms with Gasteiger partial charge in [0.2, 0.25) is 0 Å². The highest BCUT2D eigenvalue weighted by atomic mass is 127. The molecule has 0 aromatic heterocycles. The summed E-state index contributed by atoms with van der Waals surface area (Å²) in [5, 5.41) is 6.86. The van der Waals surface area contributed by atoms with Crippen molar-refractivity contribution in [2.45, 2.75) is 51.5 Å². The molecular weight excluding hydrogens is 467 g/mol. The maximum atomic E-state index is 12.3. The molecule has 28 heavy (non-hydrogen) atoms. The summed E-state index contributed by atoms with van der Waals surface area (Å²) in [6.07, 6.45) is 6.63. The van der Waals surface area contributed by atoms with Gasteiger partial charge in [0.1, 0.15) is 0 Å². The van der Waals surface area contributed by atoms with Crippen LogP contribution in [-0.2, 0) is 0 Å². The van der Waals surface area contributed by atoms with Gasteiger partial charge >= 0.3 is 0 Å². The molecule has 2 unspecified atom stereocenters. The number of hydrogen-bond donors (Lipinski definition) is 2. The SMILES string of the molecule is CN=C(NCCCCN1C(=O)c2ccccc2C1=O)NC1CCCC(C)C1.I. The fourth-order valence-electron chi connectivity index (χ4n) is 4.00. The Labute approximate surface area is 184 Å².